The molecule has 1 aromatic heterocycles. The number of carbonyl (C=O) groups is 1. The molecule has 5 heteroatoms. The molecule has 0 atom stereocenters. The predicted octanol–water partition coefficient (Wildman–Crippen LogP) is 2.05. The molecule has 0 aliphatic rings. The monoisotopic (exact) mass is 219 g/mol. The maximum absolute atomic E-state index is 10.7. The summed E-state index contributed by atoms with van der Waals surface area (Å²) in [6.45, 7) is 1.62. The number of nitrogens with zero attached hydrogens (tertiary/aromatic N) is 1. The highest BCUT2D eigenvalue weighted by molar-refractivity contribution is 5.83. The van der Waals surface area contributed by atoms with Crippen molar-refractivity contribution < 1.29 is 19.4 Å². The number of aryl methyl sites for hydroxylation is 1. The van der Waals surface area contributed by atoms with Crippen molar-refractivity contribution in [2.75, 3.05) is 0 Å². The average molecular weight is 219 g/mol. The second-order valence-electron chi connectivity index (χ2n) is 3.28. The summed E-state index contributed by atoms with van der Waals surface area (Å²) in [6, 6.07) is 6.39. The zero-order valence-corrected chi connectivity index (χ0v) is 8.47. The summed E-state index contributed by atoms with van der Waals surface area (Å²) in [5.41, 5.74) is 1.04. The van der Waals surface area contributed by atoms with Gasteiger partial charge in [0.1, 0.15) is 17.2 Å². The summed E-state index contributed by atoms with van der Waals surface area (Å²) < 4.78 is 4.98. The number of oxazole rings is 1. The largest absolute Gasteiger partial charge is 0.508 e. The highest BCUT2D eigenvalue weighted by Crippen LogP contribution is 2.25. The molecule has 0 amide bonds. The standard InChI is InChI=1S/C11H9NO4/c1-6-9(12-10(16-6)11(14)15)7-3-2-4-8(13)5-7/h2-5,13H,1H3,(H,14,15). The Kier molecular flexibility index (Phi) is 2.36. The van der Waals surface area contributed by atoms with Crippen LogP contribution in [0.3, 0.4) is 0 Å². The molecule has 82 valence electrons. The van der Waals surface area contributed by atoms with Gasteiger partial charge < -0.3 is 14.6 Å². The van der Waals surface area contributed by atoms with Gasteiger partial charge in [0.2, 0.25) is 0 Å². The minimum absolute atomic E-state index is 0.0942. The van der Waals surface area contributed by atoms with E-state index in [0.717, 1.165) is 0 Å². The first-order chi connectivity index (χ1) is 7.58. The molecule has 0 bridgehead atoms. The number of hydrogen-bond acceptors (Lipinski definition) is 4. The Balaban J connectivity index is 2.52. The van der Waals surface area contributed by atoms with Crippen molar-refractivity contribution in [3.63, 3.8) is 0 Å². The zero-order valence-electron chi connectivity index (χ0n) is 8.47. The third kappa shape index (κ3) is 1.75. The molecular formula is C11H9NO4. The van der Waals surface area contributed by atoms with E-state index in [1.807, 2.05) is 0 Å². The van der Waals surface area contributed by atoms with E-state index in [1.165, 1.54) is 12.1 Å². The molecule has 1 aromatic carbocycles. The Morgan fingerprint density at radius 2 is 2.19 bits per heavy atom. The van der Waals surface area contributed by atoms with Gasteiger partial charge in [-0.15, -0.1) is 0 Å². The number of rotatable bonds is 2. The second kappa shape index (κ2) is 3.69. The molecular weight excluding hydrogens is 210 g/mol. The lowest BCUT2D eigenvalue weighted by molar-refractivity contribution is 0.0652. The van der Waals surface area contributed by atoms with Crippen LogP contribution in [0.5, 0.6) is 5.75 Å². The van der Waals surface area contributed by atoms with E-state index in [2.05, 4.69) is 4.98 Å². The second-order valence-corrected chi connectivity index (χ2v) is 3.28. The Labute approximate surface area is 91.0 Å². The van der Waals surface area contributed by atoms with Gasteiger partial charge in [0.25, 0.3) is 0 Å². The Hall–Kier alpha value is -2.30. The van der Waals surface area contributed by atoms with E-state index < -0.39 is 5.97 Å². The number of carboxylic acids is 1. The van der Waals surface area contributed by atoms with Crippen molar-refractivity contribution >= 4 is 5.97 Å². The van der Waals surface area contributed by atoms with E-state index >= 15 is 0 Å². The number of phenolic OH excluding ortho intramolecular Hbond substituents is 1. The Morgan fingerprint density at radius 3 is 2.75 bits per heavy atom. The topological polar surface area (TPSA) is 83.6 Å². The molecule has 0 aliphatic heterocycles. The van der Waals surface area contributed by atoms with Crippen LogP contribution in [-0.4, -0.2) is 21.2 Å². The number of benzene rings is 1. The lowest BCUT2D eigenvalue weighted by atomic mass is 10.1. The molecule has 0 fully saturated rings. The normalized spacial score (nSPS) is 10.3. The summed E-state index contributed by atoms with van der Waals surface area (Å²) in [5.74, 6) is -1.06. The molecule has 0 spiro atoms. The summed E-state index contributed by atoms with van der Waals surface area (Å²) in [4.78, 5) is 14.5. The van der Waals surface area contributed by atoms with Gasteiger partial charge in [-0.25, -0.2) is 9.78 Å². The molecule has 5 nitrogen and oxygen atoms in total. The molecule has 0 aliphatic carbocycles. The Bertz CT molecular complexity index is 545. The van der Waals surface area contributed by atoms with Crippen molar-refractivity contribution in [2.24, 2.45) is 0 Å². The van der Waals surface area contributed by atoms with Crippen molar-refractivity contribution in [3.05, 3.63) is 35.9 Å². The van der Waals surface area contributed by atoms with Crippen LogP contribution in [-0.2, 0) is 0 Å². The van der Waals surface area contributed by atoms with Gasteiger partial charge in [-0.3, -0.25) is 0 Å². The van der Waals surface area contributed by atoms with Crippen LogP contribution in [0.2, 0.25) is 0 Å². The fourth-order valence-corrected chi connectivity index (χ4v) is 1.41. The zero-order chi connectivity index (χ0) is 11.7. The maximum atomic E-state index is 10.7. The van der Waals surface area contributed by atoms with E-state index in [4.69, 9.17) is 9.52 Å². The lowest BCUT2D eigenvalue weighted by Crippen LogP contribution is -1.95. The smallest absolute Gasteiger partial charge is 0.392 e. The van der Waals surface area contributed by atoms with Crippen LogP contribution in [0.4, 0.5) is 0 Å². The molecule has 2 aromatic rings. The average Bonchev–Trinajstić information content (AvgIpc) is 2.60. The van der Waals surface area contributed by atoms with Crippen LogP contribution in [0.25, 0.3) is 11.3 Å². The quantitative estimate of drug-likeness (QED) is 0.807. The van der Waals surface area contributed by atoms with E-state index in [-0.39, 0.29) is 11.6 Å². The first-order valence-corrected chi connectivity index (χ1v) is 4.58. The maximum Gasteiger partial charge on any atom is 0.392 e. The number of hydrogen-bond donors (Lipinski definition) is 2. The minimum atomic E-state index is -1.21. The first kappa shape index (κ1) is 10.2. The number of aromatic hydroxyl groups is 1. The van der Waals surface area contributed by atoms with Crippen molar-refractivity contribution in [3.8, 4) is 17.0 Å². The van der Waals surface area contributed by atoms with Crippen LogP contribution >= 0.6 is 0 Å². The van der Waals surface area contributed by atoms with Gasteiger partial charge in [-0.2, -0.15) is 0 Å². The van der Waals surface area contributed by atoms with E-state index in [1.54, 1.807) is 19.1 Å². The molecule has 0 radical (unpaired) electrons. The fraction of sp³-hybridized carbons (Fsp3) is 0.0909. The third-order valence-electron chi connectivity index (χ3n) is 2.10. The summed E-state index contributed by atoms with van der Waals surface area (Å²) >= 11 is 0. The van der Waals surface area contributed by atoms with Crippen LogP contribution in [0.1, 0.15) is 16.4 Å². The number of phenols is 1. The third-order valence-corrected chi connectivity index (χ3v) is 2.10. The SMILES string of the molecule is Cc1oc(C(=O)O)nc1-c1cccc(O)c1. The van der Waals surface area contributed by atoms with Crippen molar-refractivity contribution in [2.45, 2.75) is 6.92 Å². The first-order valence-electron chi connectivity index (χ1n) is 4.58. The highest BCUT2D eigenvalue weighted by Gasteiger charge is 2.16. The van der Waals surface area contributed by atoms with E-state index in [0.29, 0.717) is 17.0 Å². The summed E-state index contributed by atoms with van der Waals surface area (Å²) in [5, 5.41) is 18.0. The van der Waals surface area contributed by atoms with Gasteiger partial charge in [0.05, 0.1) is 0 Å². The summed E-state index contributed by atoms with van der Waals surface area (Å²) in [7, 11) is 0. The molecule has 2 N–H and O–H groups in total. The van der Waals surface area contributed by atoms with Gasteiger partial charge in [-0.05, 0) is 19.1 Å². The molecule has 16 heavy (non-hydrogen) atoms. The number of aromatic carboxylic acids is 1. The van der Waals surface area contributed by atoms with Gasteiger partial charge in [0, 0.05) is 5.56 Å². The van der Waals surface area contributed by atoms with Crippen LogP contribution < -0.4 is 0 Å². The fourth-order valence-electron chi connectivity index (χ4n) is 1.41. The highest BCUT2D eigenvalue weighted by atomic mass is 16.4. The minimum Gasteiger partial charge on any atom is -0.508 e. The van der Waals surface area contributed by atoms with Gasteiger partial charge in [0.15, 0.2) is 0 Å². The molecule has 0 unspecified atom stereocenters. The number of aromatic nitrogens is 1. The molecule has 2 rings (SSSR count). The van der Waals surface area contributed by atoms with Crippen LogP contribution in [0, 0.1) is 6.92 Å². The number of carboxylic acid groups (broad SMARTS) is 1. The Morgan fingerprint density at radius 1 is 1.44 bits per heavy atom. The molecule has 0 saturated carbocycles. The van der Waals surface area contributed by atoms with Gasteiger partial charge in [-0.1, -0.05) is 12.1 Å². The lowest BCUT2D eigenvalue weighted by Gasteiger charge is -1.97. The van der Waals surface area contributed by atoms with Crippen molar-refractivity contribution in [1.29, 1.82) is 0 Å². The van der Waals surface area contributed by atoms with E-state index in [9.17, 15) is 9.90 Å². The van der Waals surface area contributed by atoms with Gasteiger partial charge >= 0.3 is 11.9 Å². The molecule has 0 saturated heterocycles. The van der Waals surface area contributed by atoms with Crippen molar-refractivity contribution in [1.82, 2.24) is 4.98 Å². The molecule has 1 heterocycles. The summed E-state index contributed by atoms with van der Waals surface area (Å²) in [6.07, 6.45) is 0. The predicted molar refractivity (Wildman–Crippen MR) is 55.3 cm³/mol. The van der Waals surface area contributed by atoms with Crippen LogP contribution in [0.15, 0.2) is 28.7 Å².